The molecule has 1 unspecified atom stereocenters. The smallest absolute Gasteiger partial charge is 0.253 e. The first-order chi connectivity index (χ1) is 9.99. The molecule has 1 fully saturated rings. The first-order valence-corrected chi connectivity index (χ1v) is 7.40. The second kappa shape index (κ2) is 8.15. The summed E-state index contributed by atoms with van der Waals surface area (Å²) in [5.41, 5.74) is 1.07. The van der Waals surface area contributed by atoms with Gasteiger partial charge in [0.05, 0.1) is 11.3 Å². The summed E-state index contributed by atoms with van der Waals surface area (Å²) in [5, 5.41) is 8.90. The van der Waals surface area contributed by atoms with Crippen LogP contribution in [0.15, 0.2) is 24.3 Å². The van der Waals surface area contributed by atoms with Crippen molar-refractivity contribution in [1.29, 1.82) is 0 Å². The minimum atomic E-state index is -0.168. The van der Waals surface area contributed by atoms with Crippen molar-refractivity contribution in [2.45, 2.75) is 26.8 Å². The number of anilines is 1. The average Bonchev–Trinajstić information content (AvgIpc) is 2.36. The van der Waals surface area contributed by atoms with E-state index in [-0.39, 0.29) is 36.2 Å². The molecule has 0 aromatic heterocycles. The lowest BCUT2D eigenvalue weighted by Gasteiger charge is -2.31. The molecule has 1 atom stereocenters. The van der Waals surface area contributed by atoms with Gasteiger partial charge in [0, 0.05) is 12.0 Å². The van der Waals surface area contributed by atoms with Crippen molar-refractivity contribution in [3.05, 3.63) is 29.8 Å². The van der Waals surface area contributed by atoms with Crippen LogP contribution in [-0.2, 0) is 4.79 Å². The first kappa shape index (κ1) is 18.5. The number of amides is 2. The molecule has 5 nitrogen and oxygen atoms in total. The van der Waals surface area contributed by atoms with Crippen LogP contribution in [0.1, 0.15) is 31.1 Å². The molecule has 3 N–H and O–H groups in total. The quantitative estimate of drug-likeness (QED) is 0.776. The number of hydrogen-bond donors (Lipinski definition) is 3. The zero-order chi connectivity index (χ0) is 15.4. The minimum absolute atomic E-state index is 0. The third-order valence-electron chi connectivity index (χ3n) is 3.78. The number of rotatable bonds is 5. The Morgan fingerprint density at radius 2 is 1.82 bits per heavy atom. The predicted molar refractivity (Wildman–Crippen MR) is 90.4 cm³/mol. The van der Waals surface area contributed by atoms with Crippen molar-refractivity contribution in [2.75, 3.05) is 18.4 Å². The number of carbonyl (C=O) groups is 2. The van der Waals surface area contributed by atoms with E-state index < -0.39 is 0 Å². The molecule has 2 rings (SSSR count). The van der Waals surface area contributed by atoms with E-state index in [2.05, 4.69) is 16.0 Å². The van der Waals surface area contributed by atoms with Crippen LogP contribution in [0.2, 0.25) is 0 Å². The minimum Gasteiger partial charge on any atom is -0.350 e. The Balaban J connectivity index is 0.00000242. The fraction of sp³-hybridized carbons (Fsp3) is 0.500. The van der Waals surface area contributed by atoms with Crippen LogP contribution < -0.4 is 16.0 Å². The highest BCUT2D eigenvalue weighted by Crippen LogP contribution is 2.20. The number of halogens is 1. The Kier molecular flexibility index (Phi) is 6.84. The van der Waals surface area contributed by atoms with Gasteiger partial charge < -0.3 is 16.0 Å². The molecule has 0 aliphatic carbocycles. The van der Waals surface area contributed by atoms with Gasteiger partial charge in [0.2, 0.25) is 5.91 Å². The van der Waals surface area contributed by atoms with Crippen molar-refractivity contribution < 1.29 is 9.59 Å². The number of carbonyl (C=O) groups excluding carboxylic acids is 2. The molecule has 1 aliphatic heterocycles. The van der Waals surface area contributed by atoms with E-state index >= 15 is 0 Å². The van der Waals surface area contributed by atoms with E-state index in [1.54, 1.807) is 18.2 Å². The van der Waals surface area contributed by atoms with Crippen LogP contribution in [0.25, 0.3) is 0 Å². The van der Waals surface area contributed by atoms with Crippen molar-refractivity contribution in [3.63, 3.8) is 0 Å². The number of hydrogen-bond acceptors (Lipinski definition) is 3. The summed E-state index contributed by atoms with van der Waals surface area (Å²) in [7, 11) is 0. The molecular weight excluding hydrogens is 302 g/mol. The molecule has 122 valence electrons. The van der Waals surface area contributed by atoms with Gasteiger partial charge in [-0.15, -0.1) is 12.4 Å². The summed E-state index contributed by atoms with van der Waals surface area (Å²) in [6.45, 7) is 7.50. The standard InChI is InChI=1S/C16H23N3O2.ClH/c1-10(2)18-16(21)13-6-4-5-7-14(13)19-15(20)11(3)12-8-17-9-12;/h4-7,10-12,17H,8-9H2,1-3H3,(H,18,21)(H,19,20);1H. The summed E-state index contributed by atoms with van der Waals surface area (Å²) < 4.78 is 0. The van der Waals surface area contributed by atoms with Crippen LogP contribution in [0, 0.1) is 11.8 Å². The predicted octanol–water partition coefficient (Wildman–Crippen LogP) is 2.04. The number of nitrogens with one attached hydrogen (secondary N) is 3. The number of benzene rings is 1. The van der Waals surface area contributed by atoms with E-state index in [0.717, 1.165) is 13.1 Å². The molecule has 1 heterocycles. The van der Waals surface area contributed by atoms with Gasteiger partial charge >= 0.3 is 0 Å². The Morgan fingerprint density at radius 3 is 2.36 bits per heavy atom. The molecular formula is C16H24ClN3O2. The Labute approximate surface area is 137 Å². The lowest BCUT2D eigenvalue weighted by atomic mass is 9.88. The highest BCUT2D eigenvalue weighted by molar-refractivity contribution is 6.04. The maximum atomic E-state index is 12.3. The lowest BCUT2D eigenvalue weighted by Crippen LogP contribution is -2.48. The second-order valence-electron chi connectivity index (χ2n) is 5.87. The average molecular weight is 326 g/mol. The summed E-state index contributed by atoms with van der Waals surface area (Å²) in [6.07, 6.45) is 0. The SMILES string of the molecule is CC(C)NC(=O)c1ccccc1NC(=O)C(C)C1CNC1.Cl. The van der Waals surface area contributed by atoms with Crippen LogP contribution in [-0.4, -0.2) is 30.9 Å². The van der Waals surface area contributed by atoms with E-state index in [1.807, 2.05) is 26.8 Å². The third-order valence-corrected chi connectivity index (χ3v) is 3.78. The highest BCUT2D eigenvalue weighted by Gasteiger charge is 2.29. The summed E-state index contributed by atoms with van der Waals surface area (Å²) in [5.74, 6) is 0.110. The molecule has 0 bridgehead atoms. The van der Waals surface area contributed by atoms with Crippen LogP contribution in [0.5, 0.6) is 0 Å². The topological polar surface area (TPSA) is 70.2 Å². The van der Waals surface area contributed by atoms with Gasteiger partial charge in [-0.1, -0.05) is 19.1 Å². The summed E-state index contributed by atoms with van der Waals surface area (Å²) >= 11 is 0. The van der Waals surface area contributed by atoms with Crippen LogP contribution in [0.3, 0.4) is 0 Å². The van der Waals surface area contributed by atoms with Crippen LogP contribution in [0.4, 0.5) is 5.69 Å². The normalized spacial score (nSPS) is 15.5. The van der Waals surface area contributed by atoms with Gasteiger partial charge in [0.25, 0.3) is 5.91 Å². The molecule has 2 amide bonds. The Morgan fingerprint density at radius 1 is 1.18 bits per heavy atom. The lowest BCUT2D eigenvalue weighted by molar-refractivity contribution is -0.121. The third kappa shape index (κ3) is 4.45. The zero-order valence-electron chi connectivity index (χ0n) is 13.2. The van der Waals surface area contributed by atoms with E-state index in [9.17, 15) is 9.59 Å². The molecule has 6 heteroatoms. The Hall–Kier alpha value is -1.59. The van der Waals surface area contributed by atoms with Gasteiger partial charge in [0.1, 0.15) is 0 Å². The molecule has 0 saturated carbocycles. The molecule has 1 aliphatic rings. The number of para-hydroxylation sites is 1. The second-order valence-corrected chi connectivity index (χ2v) is 5.87. The van der Waals surface area contributed by atoms with E-state index in [1.165, 1.54) is 0 Å². The van der Waals surface area contributed by atoms with Crippen molar-refractivity contribution in [1.82, 2.24) is 10.6 Å². The van der Waals surface area contributed by atoms with Crippen LogP contribution >= 0.6 is 12.4 Å². The summed E-state index contributed by atoms with van der Waals surface area (Å²) in [4.78, 5) is 24.4. The molecule has 1 aromatic rings. The maximum Gasteiger partial charge on any atom is 0.253 e. The van der Waals surface area contributed by atoms with Gasteiger partial charge in [0.15, 0.2) is 0 Å². The Bertz CT molecular complexity index is 530. The fourth-order valence-corrected chi connectivity index (χ4v) is 2.26. The molecule has 0 radical (unpaired) electrons. The molecule has 0 spiro atoms. The highest BCUT2D eigenvalue weighted by atomic mass is 35.5. The van der Waals surface area contributed by atoms with Crippen molar-refractivity contribution in [2.24, 2.45) is 11.8 Å². The largest absolute Gasteiger partial charge is 0.350 e. The van der Waals surface area contributed by atoms with Gasteiger partial charge in [-0.05, 0) is 45.0 Å². The zero-order valence-corrected chi connectivity index (χ0v) is 14.0. The van der Waals surface area contributed by atoms with Crippen molar-refractivity contribution in [3.8, 4) is 0 Å². The maximum absolute atomic E-state index is 12.3. The fourth-order valence-electron chi connectivity index (χ4n) is 2.26. The molecule has 1 saturated heterocycles. The monoisotopic (exact) mass is 325 g/mol. The molecule has 22 heavy (non-hydrogen) atoms. The van der Waals surface area contributed by atoms with Gasteiger partial charge in [-0.2, -0.15) is 0 Å². The molecule has 1 aromatic carbocycles. The van der Waals surface area contributed by atoms with Gasteiger partial charge in [-0.25, -0.2) is 0 Å². The first-order valence-electron chi connectivity index (χ1n) is 7.40. The summed E-state index contributed by atoms with van der Waals surface area (Å²) in [6, 6.07) is 7.16. The van der Waals surface area contributed by atoms with Gasteiger partial charge in [-0.3, -0.25) is 9.59 Å². The van der Waals surface area contributed by atoms with E-state index in [4.69, 9.17) is 0 Å². The van der Waals surface area contributed by atoms with Crippen molar-refractivity contribution >= 4 is 29.9 Å². The van der Waals surface area contributed by atoms with E-state index in [0.29, 0.717) is 17.2 Å².